The Kier molecular flexibility index (Phi) is 6.49. The third-order valence-electron chi connectivity index (χ3n) is 7.12. The number of pyridine rings is 2. The molecule has 0 spiro atoms. The molecule has 0 saturated carbocycles. The van der Waals surface area contributed by atoms with Gasteiger partial charge in [-0.05, 0) is 76.4 Å². The Morgan fingerprint density at radius 1 is 1.09 bits per heavy atom. The lowest BCUT2D eigenvalue weighted by Crippen LogP contribution is -2.43. The quantitative estimate of drug-likeness (QED) is 0.370. The first kappa shape index (κ1) is 23.1. The molecule has 0 N–H and O–H groups in total. The van der Waals surface area contributed by atoms with E-state index < -0.39 is 0 Å². The average molecular weight is 543 g/mol. The molecule has 1 aliphatic carbocycles. The van der Waals surface area contributed by atoms with E-state index >= 15 is 0 Å². The summed E-state index contributed by atoms with van der Waals surface area (Å²) < 4.78 is 2.51. The number of nitrogens with zero attached hydrogens (tertiary/aromatic N) is 3. The van der Waals surface area contributed by atoms with E-state index in [1.807, 2.05) is 17.0 Å². The van der Waals surface area contributed by atoms with Gasteiger partial charge in [0.05, 0.1) is 16.8 Å². The van der Waals surface area contributed by atoms with E-state index in [0.29, 0.717) is 22.8 Å². The summed E-state index contributed by atoms with van der Waals surface area (Å²) in [6.07, 6.45) is 7.91. The van der Waals surface area contributed by atoms with Crippen LogP contribution in [0.15, 0.2) is 59.5 Å². The van der Waals surface area contributed by atoms with Crippen molar-refractivity contribution in [3.8, 4) is 0 Å². The largest absolute Gasteiger partial charge is 0.619 e. The van der Waals surface area contributed by atoms with Gasteiger partial charge >= 0.3 is 0 Å². The molecule has 1 saturated heterocycles. The van der Waals surface area contributed by atoms with E-state index in [9.17, 15) is 15.2 Å². The highest BCUT2D eigenvalue weighted by Gasteiger charge is 2.39. The van der Waals surface area contributed by atoms with Gasteiger partial charge in [-0.1, -0.05) is 23.7 Å². The molecule has 1 aromatic carbocycles. The van der Waals surface area contributed by atoms with Gasteiger partial charge in [0.1, 0.15) is 0 Å². The van der Waals surface area contributed by atoms with Crippen molar-refractivity contribution in [2.45, 2.75) is 38.0 Å². The number of hydrogen-bond donors (Lipinski definition) is 0. The molecular formula is C26H25BrClN3O3. The Morgan fingerprint density at radius 2 is 1.79 bits per heavy atom. The standard InChI is InChI=1S/C26H25BrClN3O3/c27-21-15-20-5-4-18-2-1-3-22(28)24(18)25(26(20)31(34)16-21)19-8-10-29(11-9-19)23(32)14-17-6-12-30(33)13-7-17/h1-3,6-7,12-13,15-16,19,25H,4-5,8-11,14H2/t25-/m1/s1. The second kappa shape index (κ2) is 9.55. The van der Waals surface area contributed by atoms with Gasteiger partial charge in [0.2, 0.25) is 11.6 Å². The van der Waals surface area contributed by atoms with Crippen molar-refractivity contribution in [2.24, 2.45) is 5.92 Å². The highest BCUT2D eigenvalue weighted by molar-refractivity contribution is 9.10. The van der Waals surface area contributed by atoms with Gasteiger partial charge in [0.25, 0.3) is 0 Å². The summed E-state index contributed by atoms with van der Waals surface area (Å²) in [7, 11) is 0. The van der Waals surface area contributed by atoms with Gasteiger partial charge < -0.3 is 15.3 Å². The number of fused-ring (bicyclic) bond motifs is 2. The van der Waals surface area contributed by atoms with E-state index in [2.05, 4.69) is 28.1 Å². The third-order valence-corrected chi connectivity index (χ3v) is 7.89. The zero-order valence-electron chi connectivity index (χ0n) is 18.6. The van der Waals surface area contributed by atoms with Crippen LogP contribution >= 0.6 is 27.5 Å². The maximum Gasteiger partial charge on any atom is 0.226 e. The fourth-order valence-corrected chi connectivity index (χ4v) is 6.25. The highest BCUT2D eigenvalue weighted by atomic mass is 79.9. The Bertz CT molecular complexity index is 1230. The number of rotatable bonds is 3. The maximum atomic E-state index is 13.2. The van der Waals surface area contributed by atoms with E-state index in [1.165, 1.54) is 18.0 Å². The van der Waals surface area contributed by atoms with E-state index in [-0.39, 0.29) is 24.2 Å². The van der Waals surface area contributed by atoms with Crippen molar-refractivity contribution >= 4 is 33.4 Å². The summed E-state index contributed by atoms with van der Waals surface area (Å²) in [6, 6.07) is 11.4. The van der Waals surface area contributed by atoms with Crippen LogP contribution in [0.5, 0.6) is 0 Å². The van der Waals surface area contributed by atoms with Crippen LogP contribution < -0.4 is 9.46 Å². The molecule has 3 heterocycles. The fourth-order valence-electron chi connectivity index (χ4n) is 5.48. The Balaban J connectivity index is 1.41. The minimum Gasteiger partial charge on any atom is -0.619 e. The van der Waals surface area contributed by atoms with Gasteiger partial charge in [-0.15, -0.1) is 0 Å². The Labute approximate surface area is 212 Å². The summed E-state index contributed by atoms with van der Waals surface area (Å²) in [5.74, 6) is 0.160. The monoisotopic (exact) mass is 541 g/mol. The number of halogens is 2. The lowest BCUT2D eigenvalue weighted by atomic mass is 9.76. The number of carbonyl (C=O) groups excluding carboxylic acids is 1. The summed E-state index contributed by atoms with van der Waals surface area (Å²) in [4.78, 5) is 14.8. The number of carbonyl (C=O) groups is 1. The SMILES string of the molecule is O=C(Cc1cc[n+]([O-])cc1)N1CCC([C@@H]2c3c(Cl)cccc3CCc3cc(Br)c[n+]([O-])c32)CC1. The number of likely N-dealkylation sites (tertiary alicyclic amines) is 1. The van der Waals surface area contributed by atoms with Crippen LogP contribution in [0.1, 0.15) is 46.7 Å². The number of piperidine rings is 1. The minimum atomic E-state index is -0.106. The van der Waals surface area contributed by atoms with E-state index in [0.717, 1.165) is 57.3 Å². The fraction of sp³-hybridized carbons (Fsp3) is 0.346. The average Bonchev–Trinajstić information content (AvgIpc) is 2.99. The zero-order chi connectivity index (χ0) is 23.8. The summed E-state index contributed by atoms with van der Waals surface area (Å²) in [5, 5.41) is 25.1. The van der Waals surface area contributed by atoms with Gasteiger partial charge in [-0.3, -0.25) is 4.79 Å². The Hall–Kier alpha value is -2.64. The lowest BCUT2D eigenvalue weighted by molar-refractivity contribution is -0.616. The maximum absolute atomic E-state index is 13.2. The molecule has 2 aliphatic rings. The van der Waals surface area contributed by atoms with Crippen LogP contribution in [0.25, 0.3) is 0 Å². The highest BCUT2D eigenvalue weighted by Crippen LogP contribution is 2.44. The van der Waals surface area contributed by atoms with Crippen LogP contribution in [0.2, 0.25) is 5.02 Å². The molecular weight excluding hydrogens is 518 g/mol. The normalized spacial score (nSPS) is 18.2. The molecule has 1 amide bonds. The van der Waals surface area contributed by atoms with Crippen molar-refractivity contribution in [3.05, 3.63) is 103 Å². The second-order valence-corrected chi connectivity index (χ2v) is 10.5. The number of amides is 1. The molecule has 1 aliphatic heterocycles. The molecule has 1 fully saturated rings. The number of hydrogen-bond acceptors (Lipinski definition) is 3. The number of aromatic nitrogens is 2. The van der Waals surface area contributed by atoms with Crippen molar-refractivity contribution in [1.29, 1.82) is 0 Å². The van der Waals surface area contributed by atoms with Crippen LogP contribution in [0, 0.1) is 16.3 Å². The third kappa shape index (κ3) is 4.51. The first-order valence-electron chi connectivity index (χ1n) is 11.5. The predicted octanol–water partition coefficient (Wildman–Crippen LogP) is 4.08. The number of aryl methyl sites for hydroxylation is 2. The van der Waals surface area contributed by atoms with Crippen LogP contribution in [0.4, 0.5) is 0 Å². The predicted molar refractivity (Wildman–Crippen MR) is 132 cm³/mol. The minimum absolute atomic E-state index is 0.0598. The molecule has 6 nitrogen and oxygen atoms in total. The molecule has 1 atom stereocenters. The molecule has 2 aromatic heterocycles. The summed E-state index contributed by atoms with van der Waals surface area (Å²) >= 11 is 10.2. The van der Waals surface area contributed by atoms with E-state index in [4.69, 9.17) is 11.6 Å². The first-order chi connectivity index (χ1) is 16.4. The topological polar surface area (TPSA) is 74.2 Å². The summed E-state index contributed by atoms with van der Waals surface area (Å²) in [5.41, 5.74) is 4.93. The zero-order valence-corrected chi connectivity index (χ0v) is 21.0. The number of benzene rings is 1. The van der Waals surface area contributed by atoms with Crippen molar-refractivity contribution in [3.63, 3.8) is 0 Å². The van der Waals surface area contributed by atoms with Gasteiger partial charge in [0.15, 0.2) is 18.6 Å². The van der Waals surface area contributed by atoms with Crippen LogP contribution in [-0.2, 0) is 24.1 Å². The molecule has 34 heavy (non-hydrogen) atoms. The molecule has 176 valence electrons. The van der Waals surface area contributed by atoms with Gasteiger partial charge in [-0.2, -0.15) is 9.46 Å². The molecule has 0 radical (unpaired) electrons. The van der Waals surface area contributed by atoms with Gasteiger partial charge in [-0.25, -0.2) is 0 Å². The van der Waals surface area contributed by atoms with Crippen LogP contribution in [-0.4, -0.2) is 23.9 Å². The molecule has 8 heteroatoms. The van der Waals surface area contributed by atoms with Crippen molar-refractivity contribution in [2.75, 3.05) is 13.1 Å². The Morgan fingerprint density at radius 3 is 2.53 bits per heavy atom. The van der Waals surface area contributed by atoms with Crippen molar-refractivity contribution < 1.29 is 14.3 Å². The summed E-state index contributed by atoms with van der Waals surface area (Å²) in [6.45, 7) is 1.28. The van der Waals surface area contributed by atoms with E-state index in [1.54, 1.807) is 18.3 Å². The molecule has 3 aromatic rings. The van der Waals surface area contributed by atoms with Crippen LogP contribution in [0.3, 0.4) is 0 Å². The second-order valence-electron chi connectivity index (χ2n) is 9.15. The molecule has 5 rings (SSSR count). The molecule has 0 bridgehead atoms. The first-order valence-corrected chi connectivity index (χ1v) is 12.7. The molecule has 0 unspecified atom stereocenters. The van der Waals surface area contributed by atoms with Crippen molar-refractivity contribution in [1.82, 2.24) is 4.90 Å². The smallest absolute Gasteiger partial charge is 0.226 e. The van der Waals surface area contributed by atoms with Gasteiger partial charge in [0, 0.05) is 35.8 Å². The lowest BCUT2D eigenvalue weighted by Gasteiger charge is -2.36.